The van der Waals surface area contributed by atoms with Crippen LogP contribution in [-0.4, -0.2) is 24.1 Å². The minimum absolute atomic E-state index is 0.497. The Hall–Kier alpha value is -1.22. The number of hydrogen-bond donors (Lipinski definition) is 3. The van der Waals surface area contributed by atoms with E-state index in [0.29, 0.717) is 6.04 Å². The summed E-state index contributed by atoms with van der Waals surface area (Å²) in [5, 5.41) is 6.87. The quantitative estimate of drug-likeness (QED) is 0.674. The summed E-state index contributed by atoms with van der Waals surface area (Å²) in [4.78, 5) is 3.52. The van der Waals surface area contributed by atoms with Crippen LogP contribution in [0, 0.1) is 0 Å². The maximum Gasteiger partial charge on any atom is 0.106 e. The van der Waals surface area contributed by atoms with Crippen molar-refractivity contribution in [2.75, 3.05) is 18.4 Å². The van der Waals surface area contributed by atoms with Gasteiger partial charge in [-0.05, 0) is 49.9 Å². The molecule has 2 aliphatic rings. The largest absolute Gasteiger partial charge is 0.371 e. The molecule has 2 aliphatic heterocycles. The van der Waals surface area contributed by atoms with Gasteiger partial charge in [0.1, 0.15) is 5.82 Å². The van der Waals surface area contributed by atoms with Crippen molar-refractivity contribution in [1.29, 1.82) is 0 Å². The fraction of sp³-hybridized carbons (Fsp3) is 0.538. The molecule has 16 heavy (non-hydrogen) atoms. The van der Waals surface area contributed by atoms with Crippen LogP contribution in [0.25, 0.3) is 5.57 Å². The Morgan fingerprint density at radius 1 is 1.25 bits per heavy atom. The third-order valence-electron chi connectivity index (χ3n) is 3.48. The number of aromatic nitrogens is 1. The highest BCUT2D eigenvalue weighted by atomic mass is 15.0. The topological polar surface area (TPSA) is 39.9 Å². The molecular formula is C13H19N3. The van der Waals surface area contributed by atoms with Crippen LogP contribution in [0.2, 0.25) is 0 Å². The highest BCUT2D eigenvalue weighted by Crippen LogP contribution is 2.28. The summed E-state index contributed by atoms with van der Waals surface area (Å²) in [6, 6.07) is 2.82. The molecule has 0 bridgehead atoms. The summed E-state index contributed by atoms with van der Waals surface area (Å²) in [6.45, 7) is 4.40. The molecule has 3 N–H and O–H groups in total. The molecule has 0 radical (unpaired) electrons. The lowest BCUT2D eigenvalue weighted by molar-refractivity contribution is 0.620. The van der Waals surface area contributed by atoms with Gasteiger partial charge in [-0.3, -0.25) is 0 Å². The lowest BCUT2D eigenvalue weighted by Crippen LogP contribution is -2.29. The predicted molar refractivity (Wildman–Crippen MR) is 67.7 cm³/mol. The Labute approximate surface area is 96.3 Å². The first-order chi connectivity index (χ1) is 7.83. The first-order valence-corrected chi connectivity index (χ1v) is 6.23. The van der Waals surface area contributed by atoms with Crippen LogP contribution in [0.15, 0.2) is 12.1 Å². The highest BCUT2D eigenvalue weighted by Gasteiger charge is 2.16. The van der Waals surface area contributed by atoms with E-state index in [1.54, 1.807) is 0 Å². The summed E-state index contributed by atoms with van der Waals surface area (Å²) in [6.07, 6.45) is 5.92. The Morgan fingerprint density at radius 3 is 3.00 bits per heavy atom. The van der Waals surface area contributed by atoms with Gasteiger partial charge < -0.3 is 15.6 Å². The van der Waals surface area contributed by atoms with Crippen LogP contribution >= 0.6 is 0 Å². The normalized spacial score (nSPS) is 24.6. The van der Waals surface area contributed by atoms with Crippen LogP contribution in [-0.2, 0) is 6.42 Å². The average Bonchev–Trinajstić information content (AvgIpc) is 2.72. The summed E-state index contributed by atoms with van der Waals surface area (Å²) in [5.74, 6) is 1.24. The van der Waals surface area contributed by atoms with Gasteiger partial charge in [-0.15, -0.1) is 0 Å². The molecule has 0 aliphatic carbocycles. The molecule has 1 aromatic heterocycles. The van der Waals surface area contributed by atoms with E-state index in [1.165, 1.54) is 35.5 Å². The fourth-order valence-corrected chi connectivity index (χ4v) is 2.62. The third kappa shape index (κ3) is 1.76. The zero-order valence-electron chi connectivity index (χ0n) is 9.77. The molecule has 0 amide bonds. The van der Waals surface area contributed by atoms with E-state index in [1.807, 2.05) is 0 Å². The number of nitrogens with one attached hydrogen (secondary N) is 3. The molecule has 3 nitrogen and oxygen atoms in total. The van der Waals surface area contributed by atoms with E-state index in [-0.39, 0.29) is 0 Å². The molecule has 0 saturated heterocycles. The van der Waals surface area contributed by atoms with Crippen molar-refractivity contribution in [3.63, 3.8) is 0 Å². The summed E-state index contributed by atoms with van der Waals surface area (Å²) in [5.41, 5.74) is 4.23. The summed E-state index contributed by atoms with van der Waals surface area (Å²) in [7, 11) is 0. The molecule has 3 rings (SSSR count). The van der Waals surface area contributed by atoms with Crippen molar-refractivity contribution < 1.29 is 0 Å². The second-order valence-electron chi connectivity index (χ2n) is 4.80. The molecule has 3 heteroatoms. The van der Waals surface area contributed by atoms with Crippen LogP contribution in [0.5, 0.6) is 0 Å². The van der Waals surface area contributed by atoms with E-state index >= 15 is 0 Å². The number of aryl methyl sites for hydroxylation is 1. The average molecular weight is 217 g/mol. The smallest absolute Gasteiger partial charge is 0.106 e. The fourth-order valence-electron chi connectivity index (χ4n) is 2.62. The number of fused-ring (bicyclic) bond motifs is 1. The van der Waals surface area contributed by atoms with E-state index < -0.39 is 0 Å². The van der Waals surface area contributed by atoms with Crippen molar-refractivity contribution >= 4 is 11.4 Å². The standard InChI is InChI=1S/C13H19N3/c1-9-7-10(4-6-14-9)12-8-11-3-2-5-15-13(11)16-12/h7-9,14-16H,2-6H2,1H3/t9-/m1/s1. The molecule has 0 fully saturated rings. The molecule has 3 heterocycles. The lowest BCUT2D eigenvalue weighted by atomic mass is 10.0. The van der Waals surface area contributed by atoms with Crippen molar-refractivity contribution in [3.8, 4) is 0 Å². The van der Waals surface area contributed by atoms with Gasteiger partial charge in [-0.1, -0.05) is 6.08 Å². The maximum absolute atomic E-state index is 3.52. The Balaban J connectivity index is 1.91. The van der Waals surface area contributed by atoms with Gasteiger partial charge in [-0.2, -0.15) is 0 Å². The van der Waals surface area contributed by atoms with Gasteiger partial charge >= 0.3 is 0 Å². The predicted octanol–water partition coefficient (Wildman–Crippen LogP) is 2.14. The molecule has 0 spiro atoms. The minimum Gasteiger partial charge on any atom is -0.371 e. The Morgan fingerprint density at radius 2 is 2.19 bits per heavy atom. The minimum atomic E-state index is 0.497. The van der Waals surface area contributed by atoms with E-state index in [2.05, 4.69) is 34.7 Å². The van der Waals surface area contributed by atoms with Crippen molar-refractivity contribution in [1.82, 2.24) is 10.3 Å². The van der Waals surface area contributed by atoms with Crippen molar-refractivity contribution in [2.24, 2.45) is 0 Å². The molecule has 0 aromatic carbocycles. The first kappa shape index (κ1) is 9.97. The zero-order chi connectivity index (χ0) is 11.0. The van der Waals surface area contributed by atoms with Gasteiger partial charge in [-0.25, -0.2) is 0 Å². The zero-order valence-corrected chi connectivity index (χ0v) is 9.77. The molecular weight excluding hydrogens is 198 g/mol. The van der Waals surface area contributed by atoms with Crippen molar-refractivity contribution in [2.45, 2.75) is 32.2 Å². The number of H-pyrrole nitrogens is 1. The highest BCUT2D eigenvalue weighted by molar-refractivity contribution is 5.68. The van der Waals surface area contributed by atoms with E-state index in [0.717, 1.165) is 19.5 Å². The summed E-state index contributed by atoms with van der Waals surface area (Å²) < 4.78 is 0. The van der Waals surface area contributed by atoms with Gasteiger partial charge in [0.15, 0.2) is 0 Å². The third-order valence-corrected chi connectivity index (χ3v) is 3.48. The molecule has 1 aromatic rings. The van der Waals surface area contributed by atoms with Crippen LogP contribution in [0.1, 0.15) is 31.0 Å². The van der Waals surface area contributed by atoms with Gasteiger partial charge in [0.25, 0.3) is 0 Å². The molecule has 86 valence electrons. The Bertz CT molecular complexity index is 393. The number of aromatic amines is 1. The molecule has 0 unspecified atom stereocenters. The monoisotopic (exact) mass is 217 g/mol. The van der Waals surface area contributed by atoms with E-state index in [9.17, 15) is 0 Å². The van der Waals surface area contributed by atoms with E-state index in [4.69, 9.17) is 0 Å². The van der Waals surface area contributed by atoms with Crippen molar-refractivity contribution in [3.05, 3.63) is 23.4 Å². The maximum atomic E-state index is 3.52. The van der Waals surface area contributed by atoms with Crippen LogP contribution < -0.4 is 10.6 Å². The van der Waals surface area contributed by atoms with Gasteiger partial charge in [0.05, 0.1) is 0 Å². The molecule has 0 saturated carbocycles. The summed E-state index contributed by atoms with van der Waals surface area (Å²) >= 11 is 0. The second kappa shape index (κ2) is 3.98. The van der Waals surface area contributed by atoms with Gasteiger partial charge in [0.2, 0.25) is 0 Å². The van der Waals surface area contributed by atoms with Gasteiger partial charge in [0, 0.05) is 18.3 Å². The SMILES string of the molecule is C[C@@H]1C=C(c2cc3c([nH]2)NCCC3)CCN1. The second-order valence-corrected chi connectivity index (χ2v) is 4.80. The van der Waals surface area contributed by atoms with Crippen LogP contribution in [0.4, 0.5) is 5.82 Å². The molecule has 1 atom stereocenters. The number of rotatable bonds is 1. The number of anilines is 1. The number of hydrogen-bond acceptors (Lipinski definition) is 2. The van der Waals surface area contributed by atoms with Crippen LogP contribution in [0.3, 0.4) is 0 Å². The lowest BCUT2D eigenvalue weighted by Gasteiger charge is -2.18. The Kier molecular flexibility index (Phi) is 2.48. The first-order valence-electron chi connectivity index (χ1n) is 6.23.